The Balaban J connectivity index is 2.97. The van der Waals surface area contributed by atoms with Crippen LogP contribution in [0.2, 0.25) is 0 Å². The molecular formula is C16H27NO. The van der Waals surface area contributed by atoms with Gasteiger partial charge >= 0.3 is 0 Å². The first-order valence-corrected chi connectivity index (χ1v) is 7.08. The zero-order valence-corrected chi connectivity index (χ0v) is 12.3. The molecule has 0 aromatic heterocycles. The molecule has 1 aromatic carbocycles. The lowest BCUT2D eigenvalue weighted by atomic mass is 9.87. The van der Waals surface area contributed by atoms with Crippen molar-refractivity contribution >= 4 is 0 Å². The van der Waals surface area contributed by atoms with E-state index in [0.29, 0.717) is 5.92 Å². The van der Waals surface area contributed by atoms with Crippen LogP contribution in [0.4, 0.5) is 0 Å². The minimum atomic E-state index is 0.628. The molecule has 0 fully saturated rings. The summed E-state index contributed by atoms with van der Waals surface area (Å²) >= 11 is 0. The summed E-state index contributed by atoms with van der Waals surface area (Å²) in [5.74, 6) is 1.65. The summed E-state index contributed by atoms with van der Waals surface area (Å²) in [5.41, 5.74) is 9.67. The highest BCUT2D eigenvalue weighted by Gasteiger charge is 2.13. The van der Waals surface area contributed by atoms with E-state index in [-0.39, 0.29) is 0 Å². The predicted octanol–water partition coefficient (Wildman–Crippen LogP) is 3.93. The van der Waals surface area contributed by atoms with Crippen molar-refractivity contribution in [1.29, 1.82) is 0 Å². The van der Waals surface area contributed by atoms with Crippen molar-refractivity contribution in [2.75, 3.05) is 13.2 Å². The van der Waals surface area contributed by atoms with Crippen LogP contribution in [0.25, 0.3) is 0 Å². The van der Waals surface area contributed by atoms with Crippen LogP contribution >= 0.6 is 0 Å². The van der Waals surface area contributed by atoms with E-state index in [2.05, 4.69) is 32.9 Å². The molecule has 1 aromatic rings. The molecule has 0 aliphatic carbocycles. The van der Waals surface area contributed by atoms with Crippen LogP contribution in [-0.2, 0) is 0 Å². The monoisotopic (exact) mass is 249 g/mol. The summed E-state index contributed by atoms with van der Waals surface area (Å²) in [4.78, 5) is 0. The van der Waals surface area contributed by atoms with Crippen molar-refractivity contribution in [3.8, 4) is 5.75 Å². The van der Waals surface area contributed by atoms with Crippen LogP contribution < -0.4 is 10.5 Å². The van der Waals surface area contributed by atoms with Gasteiger partial charge in [-0.05, 0) is 75.3 Å². The van der Waals surface area contributed by atoms with Gasteiger partial charge in [0.05, 0.1) is 6.61 Å². The number of rotatable bonds is 7. The van der Waals surface area contributed by atoms with E-state index < -0.39 is 0 Å². The molecule has 0 spiro atoms. The Morgan fingerprint density at radius 1 is 1.17 bits per heavy atom. The first kappa shape index (κ1) is 15.0. The highest BCUT2D eigenvalue weighted by atomic mass is 16.5. The normalized spacial score (nSPS) is 12.5. The van der Waals surface area contributed by atoms with Crippen molar-refractivity contribution in [1.82, 2.24) is 0 Å². The van der Waals surface area contributed by atoms with Crippen LogP contribution in [-0.4, -0.2) is 13.2 Å². The van der Waals surface area contributed by atoms with Crippen molar-refractivity contribution in [2.24, 2.45) is 5.73 Å². The van der Waals surface area contributed by atoms with E-state index in [1.54, 1.807) is 0 Å². The first-order valence-electron chi connectivity index (χ1n) is 7.08. The number of hydrogen-bond acceptors (Lipinski definition) is 2. The Labute approximate surface area is 112 Å². The Morgan fingerprint density at radius 2 is 1.89 bits per heavy atom. The van der Waals surface area contributed by atoms with Crippen LogP contribution in [0.5, 0.6) is 5.75 Å². The number of benzene rings is 1. The molecule has 0 amide bonds. The average Bonchev–Trinajstić information content (AvgIpc) is 2.36. The van der Waals surface area contributed by atoms with Gasteiger partial charge in [-0.15, -0.1) is 0 Å². The molecule has 1 atom stereocenters. The van der Waals surface area contributed by atoms with Crippen molar-refractivity contribution in [3.05, 3.63) is 28.8 Å². The van der Waals surface area contributed by atoms with Crippen molar-refractivity contribution in [2.45, 2.75) is 52.9 Å². The Bertz CT molecular complexity index is 374. The summed E-state index contributed by atoms with van der Waals surface area (Å²) in [6.07, 6.45) is 3.46. The topological polar surface area (TPSA) is 35.2 Å². The van der Waals surface area contributed by atoms with E-state index >= 15 is 0 Å². The number of nitrogens with two attached hydrogens (primary N) is 1. The van der Waals surface area contributed by atoms with Gasteiger partial charge in [0.25, 0.3) is 0 Å². The highest BCUT2D eigenvalue weighted by Crippen LogP contribution is 2.32. The second-order valence-electron chi connectivity index (χ2n) is 4.94. The smallest absolute Gasteiger partial charge is 0.122 e. The average molecular weight is 249 g/mol. The Kier molecular flexibility index (Phi) is 6.20. The zero-order valence-electron chi connectivity index (χ0n) is 12.3. The minimum Gasteiger partial charge on any atom is -0.494 e. The van der Waals surface area contributed by atoms with Gasteiger partial charge in [0.15, 0.2) is 0 Å². The molecule has 0 aliphatic rings. The molecule has 0 saturated carbocycles. The molecule has 1 rings (SSSR count). The zero-order chi connectivity index (χ0) is 13.5. The van der Waals surface area contributed by atoms with Gasteiger partial charge in [-0.1, -0.05) is 13.0 Å². The third kappa shape index (κ3) is 3.74. The summed E-state index contributed by atoms with van der Waals surface area (Å²) in [6.45, 7) is 10.1. The van der Waals surface area contributed by atoms with Crippen molar-refractivity contribution in [3.63, 3.8) is 0 Å². The van der Waals surface area contributed by atoms with Gasteiger partial charge < -0.3 is 10.5 Å². The van der Waals surface area contributed by atoms with Gasteiger partial charge in [-0.25, -0.2) is 0 Å². The van der Waals surface area contributed by atoms with Gasteiger partial charge in [-0.2, -0.15) is 0 Å². The number of hydrogen-bond donors (Lipinski definition) is 1. The third-order valence-corrected chi connectivity index (χ3v) is 3.55. The van der Waals surface area contributed by atoms with Gasteiger partial charge in [0.1, 0.15) is 5.75 Å². The molecule has 2 N–H and O–H groups in total. The lowest BCUT2D eigenvalue weighted by Gasteiger charge is -2.20. The molecule has 0 aliphatic heterocycles. The van der Waals surface area contributed by atoms with Gasteiger partial charge in [0, 0.05) is 0 Å². The van der Waals surface area contributed by atoms with Gasteiger partial charge in [0.2, 0.25) is 0 Å². The van der Waals surface area contributed by atoms with Gasteiger partial charge in [-0.3, -0.25) is 0 Å². The van der Waals surface area contributed by atoms with E-state index in [0.717, 1.165) is 25.3 Å². The number of aryl methyl sites for hydroxylation is 2. The fourth-order valence-electron chi connectivity index (χ4n) is 2.51. The van der Waals surface area contributed by atoms with E-state index in [4.69, 9.17) is 10.5 Å². The van der Waals surface area contributed by atoms with Crippen LogP contribution in [0.1, 0.15) is 55.7 Å². The quantitative estimate of drug-likeness (QED) is 0.794. The minimum absolute atomic E-state index is 0.628. The highest BCUT2D eigenvalue weighted by molar-refractivity contribution is 5.43. The second-order valence-corrected chi connectivity index (χ2v) is 4.94. The molecule has 102 valence electrons. The van der Waals surface area contributed by atoms with E-state index in [9.17, 15) is 0 Å². The third-order valence-electron chi connectivity index (χ3n) is 3.55. The lowest BCUT2D eigenvalue weighted by Crippen LogP contribution is -2.06. The fourth-order valence-corrected chi connectivity index (χ4v) is 2.51. The molecule has 2 heteroatoms. The molecular weight excluding hydrogens is 222 g/mol. The van der Waals surface area contributed by atoms with Crippen molar-refractivity contribution < 1.29 is 4.74 Å². The number of ether oxygens (including phenoxy) is 1. The van der Waals surface area contributed by atoms with Crippen LogP contribution in [0.15, 0.2) is 12.1 Å². The fraction of sp³-hybridized carbons (Fsp3) is 0.625. The first-order chi connectivity index (χ1) is 8.63. The Hall–Kier alpha value is -1.02. The van der Waals surface area contributed by atoms with Crippen LogP contribution in [0, 0.1) is 13.8 Å². The largest absolute Gasteiger partial charge is 0.494 e. The molecule has 0 bridgehead atoms. The summed E-state index contributed by atoms with van der Waals surface area (Å²) in [6, 6.07) is 4.48. The van der Waals surface area contributed by atoms with E-state index in [1.165, 1.54) is 29.5 Å². The van der Waals surface area contributed by atoms with Crippen LogP contribution in [0.3, 0.4) is 0 Å². The molecule has 1 unspecified atom stereocenters. The lowest BCUT2D eigenvalue weighted by molar-refractivity contribution is 0.337. The van der Waals surface area contributed by atoms with E-state index in [1.807, 2.05) is 6.92 Å². The maximum atomic E-state index is 5.65. The predicted molar refractivity (Wildman–Crippen MR) is 78.4 cm³/mol. The summed E-state index contributed by atoms with van der Waals surface area (Å²) in [7, 11) is 0. The SMILES string of the molecule is CCOc1cc(C)c(C(CC)CCCN)cc1C. The maximum absolute atomic E-state index is 5.65. The summed E-state index contributed by atoms with van der Waals surface area (Å²) in [5, 5.41) is 0. The molecule has 18 heavy (non-hydrogen) atoms. The molecule has 2 nitrogen and oxygen atoms in total. The maximum Gasteiger partial charge on any atom is 0.122 e. The molecule has 0 saturated heterocycles. The Morgan fingerprint density at radius 3 is 2.44 bits per heavy atom. The molecule has 0 radical (unpaired) electrons. The second kappa shape index (κ2) is 7.42. The standard InChI is InChI=1S/C16H27NO/c1-5-14(8-7-9-17)15-10-13(4)16(18-6-2)11-12(15)3/h10-11,14H,5-9,17H2,1-4H3. The summed E-state index contributed by atoms with van der Waals surface area (Å²) < 4.78 is 5.65. The molecule has 0 heterocycles.